The van der Waals surface area contributed by atoms with Gasteiger partial charge in [-0.15, -0.1) is 0 Å². The fourth-order valence-electron chi connectivity index (χ4n) is 1.77. The SMILES string of the molecule is Cc1ccc(OC(=O)OCCc2ccc([N+](=O)[O-])cc2)cc1. The van der Waals surface area contributed by atoms with E-state index in [1.165, 1.54) is 12.1 Å². The van der Waals surface area contributed by atoms with Crippen LogP contribution in [-0.4, -0.2) is 17.7 Å². The molecule has 2 rings (SSSR count). The number of nitro benzene ring substituents is 1. The number of non-ortho nitro benzene ring substituents is 1. The molecule has 0 spiro atoms. The lowest BCUT2D eigenvalue weighted by atomic mass is 10.1. The summed E-state index contributed by atoms with van der Waals surface area (Å²) < 4.78 is 9.97. The van der Waals surface area contributed by atoms with Crippen molar-refractivity contribution in [3.05, 3.63) is 69.8 Å². The van der Waals surface area contributed by atoms with Gasteiger partial charge in [0.25, 0.3) is 5.69 Å². The van der Waals surface area contributed by atoms with Crippen LogP contribution in [0, 0.1) is 17.0 Å². The summed E-state index contributed by atoms with van der Waals surface area (Å²) in [6, 6.07) is 13.1. The molecule has 0 aliphatic rings. The molecule has 0 bridgehead atoms. The van der Waals surface area contributed by atoms with Gasteiger partial charge in [-0.25, -0.2) is 4.79 Å². The number of ether oxygens (including phenoxy) is 2. The average molecular weight is 301 g/mol. The number of nitro groups is 1. The highest BCUT2D eigenvalue weighted by Crippen LogP contribution is 2.13. The van der Waals surface area contributed by atoms with E-state index in [9.17, 15) is 14.9 Å². The van der Waals surface area contributed by atoms with E-state index < -0.39 is 11.1 Å². The van der Waals surface area contributed by atoms with Gasteiger partial charge < -0.3 is 9.47 Å². The van der Waals surface area contributed by atoms with Crippen LogP contribution in [-0.2, 0) is 11.2 Å². The predicted octanol–water partition coefficient (Wildman–Crippen LogP) is 3.66. The Kier molecular flexibility index (Phi) is 5.08. The van der Waals surface area contributed by atoms with Crippen molar-refractivity contribution < 1.29 is 19.2 Å². The summed E-state index contributed by atoms with van der Waals surface area (Å²) >= 11 is 0. The number of aryl methyl sites for hydroxylation is 1. The number of hydrogen-bond acceptors (Lipinski definition) is 5. The third-order valence-corrected chi connectivity index (χ3v) is 2.98. The van der Waals surface area contributed by atoms with Crippen LogP contribution >= 0.6 is 0 Å². The monoisotopic (exact) mass is 301 g/mol. The van der Waals surface area contributed by atoms with E-state index in [4.69, 9.17) is 9.47 Å². The molecule has 6 heteroatoms. The summed E-state index contributed by atoms with van der Waals surface area (Å²) in [6.07, 6.45) is -0.313. The predicted molar refractivity (Wildman–Crippen MR) is 80.0 cm³/mol. The number of benzene rings is 2. The summed E-state index contributed by atoms with van der Waals surface area (Å²) in [4.78, 5) is 21.6. The number of rotatable bonds is 5. The highest BCUT2D eigenvalue weighted by atomic mass is 16.7. The number of hydrogen-bond donors (Lipinski definition) is 0. The maximum Gasteiger partial charge on any atom is 0.513 e. The molecule has 0 saturated carbocycles. The van der Waals surface area contributed by atoms with Crippen molar-refractivity contribution in [1.29, 1.82) is 0 Å². The number of nitrogens with zero attached hydrogens (tertiary/aromatic N) is 1. The van der Waals surface area contributed by atoms with Crippen LogP contribution in [0.5, 0.6) is 5.75 Å². The Balaban J connectivity index is 1.77. The van der Waals surface area contributed by atoms with Crippen LogP contribution in [0.15, 0.2) is 48.5 Å². The maximum absolute atomic E-state index is 11.5. The summed E-state index contributed by atoms with van der Waals surface area (Å²) in [5, 5.41) is 10.5. The van der Waals surface area contributed by atoms with Crippen molar-refractivity contribution >= 4 is 11.8 Å². The van der Waals surface area contributed by atoms with Crippen LogP contribution in [0.2, 0.25) is 0 Å². The molecule has 0 heterocycles. The van der Waals surface area contributed by atoms with Gasteiger partial charge in [0.2, 0.25) is 0 Å². The van der Waals surface area contributed by atoms with Crippen LogP contribution in [0.1, 0.15) is 11.1 Å². The number of carbonyl (C=O) groups is 1. The molecule has 0 amide bonds. The highest BCUT2D eigenvalue weighted by Gasteiger charge is 2.07. The second kappa shape index (κ2) is 7.21. The Hall–Kier alpha value is -2.89. The largest absolute Gasteiger partial charge is 0.513 e. The zero-order chi connectivity index (χ0) is 15.9. The van der Waals surface area contributed by atoms with E-state index in [1.807, 2.05) is 19.1 Å². The van der Waals surface area contributed by atoms with Crippen LogP contribution in [0.4, 0.5) is 10.5 Å². The number of carbonyl (C=O) groups excluding carboxylic acids is 1. The Labute approximate surface area is 127 Å². The first-order valence-corrected chi connectivity index (χ1v) is 6.69. The van der Waals surface area contributed by atoms with Crippen molar-refractivity contribution in [2.24, 2.45) is 0 Å². The van der Waals surface area contributed by atoms with Crippen molar-refractivity contribution in [3.63, 3.8) is 0 Å². The van der Waals surface area contributed by atoms with E-state index in [-0.39, 0.29) is 12.3 Å². The lowest BCUT2D eigenvalue weighted by Crippen LogP contribution is -2.12. The minimum atomic E-state index is -0.772. The van der Waals surface area contributed by atoms with Gasteiger partial charge in [-0.1, -0.05) is 29.8 Å². The van der Waals surface area contributed by atoms with E-state index in [2.05, 4.69) is 0 Å². The molecule has 0 N–H and O–H groups in total. The van der Waals surface area contributed by atoms with Crippen molar-refractivity contribution in [2.45, 2.75) is 13.3 Å². The smallest absolute Gasteiger partial charge is 0.434 e. The molecule has 6 nitrogen and oxygen atoms in total. The molecule has 0 aliphatic carbocycles. The Morgan fingerprint density at radius 2 is 1.73 bits per heavy atom. The minimum absolute atomic E-state index is 0.0310. The van der Waals surface area contributed by atoms with Crippen molar-refractivity contribution in [1.82, 2.24) is 0 Å². The summed E-state index contributed by atoms with van der Waals surface area (Å²) in [5.74, 6) is 0.422. The van der Waals surface area contributed by atoms with Gasteiger partial charge in [0, 0.05) is 18.6 Å². The zero-order valence-electron chi connectivity index (χ0n) is 12.0. The van der Waals surface area contributed by atoms with E-state index in [0.29, 0.717) is 12.2 Å². The molecule has 0 atom stereocenters. The second-order valence-electron chi connectivity index (χ2n) is 4.69. The first-order chi connectivity index (χ1) is 10.5. The average Bonchev–Trinajstić information content (AvgIpc) is 2.50. The summed E-state index contributed by atoms with van der Waals surface area (Å²) in [7, 11) is 0. The molecular weight excluding hydrogens is 286 g/mol. The minimum Gasteiger partial charge on any atom is -0.434 e. The maximum atomic E-state index is 11.5. The fourth-order valence-corrected chi connectivity index (χ4v) is 1.77. The van der Waals surface area contributed by atoms with Gasteiger partial charge in [0.05, 0.1) is 11.5 Å². The molecule has 2 aromatic rings. The molecule has 0 radical (unpaired) electrons. The molecule has 114 valence electrons. The lowest BCUT2D eigenvalue weighted by molar-refractivity contribution is -0.384. The molecule has 0 aliphatic heterocycles. The normalized spacial score (nSPS) is 10.0. The Morgan fingerprint density at radius 3 is 2.32 bits per heavy atom. The summed E-state index contributed by atoms with van der Waals surface area (Å²) in [5.41, 5.74) is 1.94. The molecule has 0 aromatic heterocycles. The van der Waals surface area contributed by atoms with Gasteiger partial charge in [-0.2, -0.15) is 0 Å². The van der Waals surface area contributed by atoms with E-state index >= 15 is 0 Å². The second-order valence-corrected chi connectivity index (χ2v) is 4.69. The summed E-state index contributed by atoms with van der Waals surface area (Å²) in [6.45, 7) is 2.08. The molecule has 0 fully saturated rings. The van der Waals surface area contributed by atoms with Crippen molar-refractivity contribution in [2.75, 3.05) is 6.61 Å². The molecule has 0 unspecified atom stereocenters. The topological polar surface area (TPSA) is 78.7 Å². The van der Waals surface area contributed by atoms with Crippen molar-refractivity contribution in [3.8, 4) is 5.75 Å². The van der Waals surface area contributed by atoms with E-state index in [1.54, 1.807) is 24.3 Å². The first-order valence-electron chi connectivity index (χ1n) is 6.69. The standard InChI is InChI=1S/C16H15NO5/c1-12-2-8-15(9-3-12)22-16(18)21-11-10-13-4-6-14(7-5-13)17(19)20/h2-9H,10-11H2,1H3. The van der Waals surface area contributed by atoms with Crippen LogP contribution in [0.25, 0.3) is 0 Å². The van der Waals surface area contributed by atoms with Gasteiger partial charge in [0.15, 0.2) is 0 Å². The Morgan fingerprint density at radius 1 is 1.09 bits per heavy atom. The molecule has 2 aromatic carbocycles. The fraction of sp³-hybridized carbons (Fsp3) is 0.188. The molecular formula is C16H15NO5. The third kappa shape index (κ3) is 4.59. The quantitative estimate of drug-likeness (QED) is 0.364. The lowest BCUT2D eigenvalue weighted by Gasteiger charge is -2.06. The molecule has 0 saturated heterocycles. The zero-order valence-corrected chi connectivity index (χ0v) is 12.0. The Bertz CT molecular complexity index is 649. The molecule has 22 heavy (non-hydrogen) atoms. The van der Waals surface area contributed by atoms with Gasteiger partial charge in [-0.3, -0.25) is 10.1 Å². The van der Waals surface area contributed by atoms with Crippen LogP contribution < -0.4 is 4.74 Å². The van der Waals surface area contributed by atoms with Gasteiger partial charge in [-0.05, 0) is 24.6 Å². The van der Waals surface area contributed by atoms with E-state index in [0.717, 1.165) is 11.1 Å². The van der Waals surface area contributed by atoms with Crippen LogP contribution in [0.3, 0.4) is 0 Å². The third-order valence-electron chi connectivity index (χ3n) is 2.98. The van der Waals surface area contributed by atoms with Gasteiger partial charge in [0.1, 0.15) is 5.75 Å². The first kappa shape index (κ1) is 15.5. The highest BCUT2D eigenvalue weighted by molar-refractivity contribution is 5.63. The van der Waals surface area contributed by atoms with Gasteiger partial charge >= 0.3 is 6.16 Å².